The zero-order valence-corrected chi connectivity index (χ0v) is 15.2. The highest BCUT2D eigenvalue weighted by molar-refractivity contribution is 8.19. The lowest BCUT2D eigenvalue weighted by Crippen LogP contribution is -2.20. The maximum Gasteiger partial charge on any atom is 0.307 e. The summed E-state index contributed by atoms with van der Waals surface area (Å²) in [7, 11) is 0. The fourth-order valence-electron chi connectivity index (χ4n) is 2.43. The van der Waals surface area contributed by atoms with E-state index in [4.69, 9.17) is 0 Å². The number of benzene rings is 1. The van der Waals surface area contributed by atoms with Gasteiger partial charge in [-0.2, -0.15) is 0 Å². The van der Waals surface area contributed by atoms with Crippen molar-refractivity contribution in [2.24, 2.45) is 0 Å². The van der Waals surface area contributed by atoms with Gasteiger partial charge in [0.2, 0.25) is 5.91 Å². The summed E-state index contributed by atoms with van der Waals surface area (Å²) in [5.41, 5.74) is 2.99. The van der Waals surface area contributed by atoms with Crippen LogP contribution in [0.25, 0.3) is 0 Å². The Balaban J connectivity index is 1.59. The molecule has 4 nitrogen and oxygen atoms in total. The second-order valence-electron chi connectivity index (χ2n) is 5.29. The third-order valence-corrected chi connectivity index (χ3v) is 7.59. The number of nitrogens with one attached hydrogen (secondary N) is 1. The van der Waals surface area contributed by atoms with E-state index in [0.29, 0.717) is 17.5 Å². The number of aryl methyl sites for hydroxylation is 1. The molecule has 1 amide bonds. The fourth-order valence-corrected chi connectivity index (χ4v) is 6.02. The number of amides is 1. The van der Waals surface area contributed by atoms with Crippen molar-refractivity contribution in [2.45, 2.75) is 24.5 Å². The number of nitrogens with zero attached hydrogens (tertiary/aromatic N) is 1. The topological polar surface area (TPSA) is 51.1 Å². The molecule has 122 valence electrons. The summed E-state index contributed by atoms with van der Waals surface area (Å²) in [6.07, 6.45) is 0.300. The third kappa shape index (κ3) is 4.22. The van der Waals surface area contributed by atoms with Gasteiger partial charge in [0.25, 0.3) is 0 Å². The van der Waals surface area contributed by atoms with Crippen molar-refractivity contribution < 1.29 is 4.79 Å². The average Bonchev–Trinajstić information content (AvgIpc) is 3.17. The van der Waals surface area contributed by atoms with Crippen LogP contribution in [0, 0.1) is 6.92 Å². The molecule has 1 N–H and O–H groups in total. The minimum Gasteiger partial charge on any atom is -0.326 e. The van der Waals surface area contributed by atoms with Gasteiger partial charge in [-0.1, -0.05) is 23.5 Å². The molecule has 1 fully saturated rings. The number of hydrogen-bond donors (Lipinski definition) is 1. The van der Waals surface area contributed by atoms with E-state index >= 15 is 0 Å². The Kier molecular flexibility index (Phi) is 5.50. The Labute approximate surface area is 147 Å². The molecule has 0 spiro atoms. The standard InChI is InChI=1S/C16H18N2O2S3/c1-11-10-23-16(20)18(11)6-5-14(19)17-13-4-2-3-12(9-13)15-21-7-8-22-15/h2-4,9-10,15H,5-8H2,1H3,(H,17,19). The number of thiazole rings is 1. The lowest BCUT2D eigenvalue weighted by Gasteiger charge is -2.11. The Morgan fingerprint density at radius 2 is 2.13 bits per heavy atom. The molecule has 23 heavy (non-hydrogen) atoms. The molecule has 0 saturated carbocycles. The van der Waals surface area contributed by atoms with E-state index < -0.39 is 0 Å². The number of thioether (sulfide) groups is 2. The second kappa shape index (κ2) is 7.59. The van der Waals surface area contributed by atoms with Gasteiger partial charge in [-0.05, 0) is 24.6 Å². The van der Waals surface area contributed by atoms with Crippen LogP contribution in [0.4, 0.5) is 5.69 Å². The molecule has 7 heteroatoms. The van der Waals surface area contributed by atoms with Crippen LogP contribution >= 0.6 is 34.9 Å². The number of hydrogen-bond acceptors (Lipinski definition) is 5. The highest BCUT2D eigenvalue weighted by Crippen LogP contribution is 2.45. The smallest absolute Gasteiger partial charge is 0.307 e. The van der Waals surface area contributed by atoms with E-state index in [9.17, 15) is 9.59 Å². The summed E-state index contributed by atoms with van der Waals surface area (Å²) in [4.78, 5) is 23.8. The highest BCUT2D eigenvalue weighted by Gasteiger charge is 2.18. The number of aromatic nitrogens is 1. The molecule has 1 aliphatic heterocycles. The van der Waals surface area contributed by atoms with Gasteiger partial charge in [0.1, 0.15) is 0 Å². The molecule has 1 saturated heterocycles. The van der Waals surface area contributed by atoms with Crippen LogP contribution in [0.1, 0.15) is 22.3 Å². The Hall–Kier alpha value is -1.18. The Morgan fingerprint density at radius 3 is 2.83 bits per heavy atom. The second-order valence-corrected chi connectivity index (χ2v) is 8.84. The van der Waals surface area contributed by atoms with Crippen LogP contribution < -0.4 is 10.2 Å². The van der Waals surface area contributed by atoms with Crippen LogP contribution in [-0.2, 0) is 11.3 Å². The van der Waals surface area contributed by atoms with Crippen LogP contribution in [-0.4, -0.2) is 22.0 Å². The summed E-state index contributed by atoms with van der Waals surface area (Å²) in [6, 6.07) is 8.06. The normalized spacial score (nSPS) is 15.0. The number of carbonyl (C=O) groups is 1. The van der Waals surface area contributed by atoms with Crippen LogP contribution in [0.2, 0.25) is 0 Å². The number of carbonyl (C=O) groups excluding carboxylic acids is 1. The molecular weight excluding hydrogens is 348 g/mol. The first-order valence-electron chi connectivity index (χ1n) is 7.41. The van der Waals surface area contributed by atoms with Crippen molar-refractivity contribution >= 4 is 46.5 Å². The molecule has 3 rings (SSSR count). The van der Waals surface area contributed by atoms with E-state index in [1.807, 2.05) is 48.0 Å². The first-order chi connectivity index (χ1) is 11.1. The van der Waals surface area contributed by atoms with Gasteiger partial charge >= 0.3 is 4.87 Å². The van der Waals surface area contributed by atoms with Crippen molar-refractivity contribution in [2.75, 3.05) is 16.8 Å². The lowest BCUT2D eigenvalue weighted by atomic mass is 10.2. The number of rotatable bonds is 5. The van der Waals surface area contributed by atoms with Crippen molar-refractivity contribution in [3.05, 3.63) is 50.6 Å². The van der Waals surface area contributed by atoms with Crippen LogP contribution in [0.15, 0.2) is 34.4 Å². The molecule has 0 unspecified atom stereocenters. The Bertz CT molecular complexity index is 748. The average molecular weight is 367 g/mol. The van der Waals surface area contributed by atoms with Gasteiger partial charge in [0, 0.05) is 41.2 Å². The summed E-state index contributed by atoms with van der Waals surface area (Å²) in [5.74, 6) is 2.30. The van der Waals surface area contributed by atoms with E-state index in [1.165, 1.54) is 28.4 Å². The first kappa shape index (κ1) is 16.7. The van der Waals surface area contributed by atoms with E-state index in [2.05, 4.69) is 17.4 Å². The quantitative estimate of drug-likeness (QED) is 0.876. The Morgan fingerprint density at radius 1 is 1.35 bits per heavy atom. The molecule has 2 aromatic rings. The molecule has 1 aromatic carbocycles. The molecule has 0 atom stereocenters. The summed E-state index contributed by atoms with van der Waals surface area (Å²) in [5, 5.41) is 4.76. The zero-order chi connectivity index (χ0) is 16.2. The van der Waals surface area contributed by atoms with Gasteiger partial charge in [-0.15, -0.1) is 23.5 Å². The van der Waals surface area contributed by atoms with Crippen LogP contribution in [0.5, 0.6) is 0 Å². The maximum atomic E-state index is 12.1. The molecule has 0 radical (unpaired) electrons. The predicted molar refractivity (Wildman–Crippen MR) is 101 cm³/mol. The minimum atomic E-state index is -0.0635. The predicted octanol–water partition coefficient (Wildman–Crippen LogP) is 3.73. The molecule has 0 aliphatic carbocycles. The lowest BCUT2D eigenvalue weighted by molar-refractivity contribution is -0.116. The van der Waals surface area contributed by atoms with Crippen molar-refractivity contribution in [1.82, 2.24) is 4.57 Å². The first-order valence-corrected chi connectivity index (χ1v) is 10.4. The third-order valence-electron chi connectivity index (χ3n) is 3.60. The van der Waals surface area contributed by atoms with Crippen LogP contribution in [0.3, 0.4) is 0 Å². The van der Waals surface area contributed by atoms with Gasteiger partial charge in [-0.25, -0.2) is 0 Å². The minimum absolute atomic E-state index is 0.00687. The summed E-state index contributed by atoms with van der Waals surface area (Å²) in [6.45, 7) is 2.31. The SMILES string of the molecule is Cc1csc(=O)n1CCC(=O)Nc1cccc(C2SCCS2)c1. The van der Waals surface area contributed by atoms with E-state index in [0.717, 1.165) is 11.4 Å². The largest absolute Gasteiger partial charge is 0.326 e. The van der Waals surface area contributed by atoms with Gasteiger partial charge in [-0.3, -0.25) is 9.59 Å². The molecule has 1 aliphatic rings. The zero-order valence-electron chi connectivity index (χ0n) is 12.8. The van der Waals surface area contributed by atoms with E-state index in [1.54, 1.807) is 4.57 Å². The van der Waals surface area contributed by atoms with Crippen molar-refractivity contribution in [1.29, 1.82) is 0 Å². The molecular formula is C16H18N2O2S3. The number of anilines is 1. The fraction of sp³-hybridized carbons (Fsp3) is 0.375. The molecule has 2 heterocycles. The highest BCUT2D eigenvalue weighted by atomic mass is 32.2. The van der Waals surface area contributed by atoms with Gasteiger partial charge in [0.15, 0.2) is 0 Å². The molecule has 0 bridgehead atoms. The van der Waals surface area contributed by atoms with Crippen molar-refractivity contribution in [3.63, 3.8) is 0 Å². The van der Waals surface area contributed by atoms with Gasteiger partial charge < -0.3 is 9.88 Å². The molecule has 1 aromatic heterocycles. The summed E-state index contributed by atoms with van der Waals surface area (Å²) < 4.78 is 2.12. The van der Waals surface area contributed by atoms with Crippen molar-refractivity contribution in [3.8, 4) is 0 Å². The van der Waals surface area contributed by atoms with Gasteiger partial charge in [0.05, 0.1) is 4.58 Å². The maximum absolute atomic E-state index is 12.1. The summed E-state index contributed by atoms with van der Waals surface area (Å²) >= 11 is 5.07. The van der Waals surface area contributed by atoms with E-state index in [-0.39, 0.29) is 10.8 Å². The monoisotopic (exact) mass is 366 g/mol.